The van der Waals surface area contributed by atoms with Crippen molar-refractivity contribution in [3.05, 3.63) is 40.0 Å². The van der Waals surface area contributed by atoms with E-state index in [1.54, 1.807) is 11.3 Å². The van der Waals surface area contributed by atoms with E-state index in [4.69, 9.17) is 18.0 Å². The molecule has 0 spiro atoms. The summed E-state index contributed by atoms with van der Waals surface area (Å²) in [5.41, 5.74) is 7.39. The molecule has 100 valence electrons. The lowest BCUT2D eigenvalue weighted by molar-refractivity contribution is 0.791. The van der Waals surface area contributed by atoms with Gasteiger partial charge in [-0.25, -0.2) is 9.97 Å². The van der Waals surface area contributed by atoms with Gasteiger partial charge in [-0.2, -0.15) is 0 Å². The van der Waals surface area contributed by atoms with E-state index in [-0.39, 0.29) is 0 Å². The lowest BCUT2D eigenvalue weighted by Gasteiger charge is -2.12. The Balaban J connectivity index is 2.05. The van der Waals surface area contributed by atoms with Crippen LogP contribution in [0, 0.1) is 6.92 Å². The SMILES string of the molecule is Cc1cc(C(N)=S)cc(NCC(C)c2nccs2)n1. The first-order chi connectivity index (χ1) is 9.06. The summed E-state index contributed by atoms with van der Waals surface area (Å²) < 4.78 is 0. The third-order valence-corrected chi connectivity index (χ3v) is 3.94. The Labute approximate surface area is 122 Å². The summed E-state index contributed by atoms with van der Waals surface area (Å²) in [6, 6.07) is 3.77. The third kappa shape index (κ3) is 3.71. The number of thiazole rings is 1. The first-order valence-electron chi connectivity index (χ1n) is 5.98. The van der Waals surface area contributed by atoms with Crippen molar-refractivity contribution in [2.75, 3.05) is 11.9 Å². The van der Waals surface area contributed by atoms with Gasteiger partial charge >= 0.3 is 0 Å². The van der Waals surface area contributed by atoms with Crippen molar-refractivity contribution < 1.29 is 0 Å². The van der Waals surface area contributed by atoms with Crippen molar-refractivity contribution in [2.24, 2.45) is 5.73 Å². The van der Waals surface area contributed by atoms with Crippen LogP contribution in [0.2, 0.25) is 0 Å². The van der Waals surface area contributed by atoms with Crippen LogP contribution in [-0.2, 0) is 0 Å². The van der Waals surface area contributed by atoms with E-state index in [1.165, 1.54) is 0 Å². The predicted molar refractivity (Wildman–Crippen MR) is 83.9 cm³/mol. The number of hydrogen-bond donors (Lipinski definition) is 2. The average molecular weight is 292 g/mol. The lowest BCUT2D eigenvalue weighted by Crippen LogP contribution is -2.14. The number of pyridine rings is 1. The maximum atomic E-state index is 5.65. The van der Waals surface area contributed by atoms with E-state index < -0.39 is 0 Å². The van der Waals surface area contributed by atoms with Gasteiger partial charge in [0.2, 0.25) is 0 Å². The van der Waals surface area contributed by atoms with E-state index in [0.29, 0.717) is 10.9 Å². The fraction of sp³-hybridized carbons (Fsp3) is 0.308. The van der Waals surface area contributed by atoms with Gasteiger partial charge in [-0.15, -0.1) is 11.3 Å². The molecule has 0 saturated heterocycles. The Morgan fingerprint density at radius 3 is 2.95 bits per heavy atom. The maximum Gasteiger partial charge on any atom is 0.126 e. The van der Waals surface area contributed by atoms with Gasteiger partial charge in [-0.1, -0.05) is 19.1 Å². The average Bonchev–Trinajstić information content (AvgIpc) is 2.89. The summed E-state index contributed by atoms with van der Waals surface area (Å²) in [5, 5.41) is 6.42. The number of hydrogen-bond acceptors (Lipinski definition) is 5. The van der Waals surface area contributed by atoms with Crippen molar-refractivity contribution in [1.82, 2.24) is 9.97 Å². The number of nitrogens with zero attached hydrogens (tertiary/aromatic N) is 2. The Morgan fingerprint density at radius 1 is 1.53 bits per heavy atom. The largest absolute Gasteiger partial charge is 0.389 e. The first kappa shape index (κ1) is 13.9. The molecule has 2 aromatic rings. The molecule has 0 bridgehead atoms. The van der Waals surface area contributed by atoms with Crippen LogP contribution in [-0.4, -0.2) is 21.5 Å². The van der Waals surface area contributed by atoms with Crippen LogP contribution < -0.4 is 11.1 Å². The molecule has 3 N–H and O–H groups in total. The first-order valence-corrected chi connectivity index (χ1v) is 7.27. The predicted octanol–water partition coefficient (Wildman–Crippen LogP) is 2.70. The summed E-state index contributed by atoms with van der Waals surface area (Å²) in [6.07, 6.45) is 1.83. The molecule has 0 aliphatic carbocycles. The van der Waals surface area contributed by atoms with Crippen molar-refractivity contribution in [2.45, 2.75) is 19.8 Å². The van der Waals surface area contributed by atoms with Gasteiger partial charge in [0, 0.05) is 35.3 Å². The van der Waals surface area contributed by atoms with Crippen molar-refractivity contribution >= 4 is 34.4 Å². The topological polar surface area (TPSA) is 63.8 Å². The summed E-state index contributed by atoms with van der Waals surface area (Å²) in [5.74, 6) is 1.14. The summed E-state index contributed by atoms with van der Waals surface area (Å²) in [6.45, 7) is 4.84. The van der Waals surface area contributed by atoms with E-state index in [0.717, 1.165) is 28.6 Å². The molecular formula is C13H16N4S2. The molecule has 6 heteroatoms. The molecule has 0 aliphatic heterocycles. The molecule has 19 heavy (non-hydrogen) atoms. The second kappa shape index (κ2) is 6.08. The number of nitrogens with two attached hydrogens (primary N) is 1. The number of aryl methyl sites for hydroxylation is 1. The molecule has 0 aromatic carbocycles. The van der Waals surface area contributed by atoms with Crippen molar-refractivity contribution in [3.63, 3.8) is 0 Å². The van der Waals surface area contributed by atoms with Crippen LogP contribution in [0.25, 0.3) is 0 Å². The zero-order valence-corrected chi connectivity index (χ0v) is 12.5. The van der Waals surface area contributed by atoms with Gasteiger partial charge < -0.3 is 11.1 Å². The summed E-state index contributed by atoms with van der Waals surface area (Å²) >= 11 is 6.66. The second-order valence-electron chi connectivity index (χ2n) is 4.40. The van der Waals surface area contributed by atoms with E-state index >= 15 is 0 Å². The highest BCUT2D eigenvalue weighted by atomic mass is 32.1. The monoisotopic (exact) mass is 292 g/mol. The maximum absolute atomic E-state index is 5.65. The molecule has 2 aromatic heterocycles. The number of anilines is 1. The molecule has 0 amide bonds. The molecule has 2 heterocycles. The minimum absolute atomic E-state index is 0.343. The summed E-state index contributed by atoms with van der Waals surface area (Å²) in [4.78, 5) is 9.13. The second-order valence-corrected chi connectivity index (χ2v) is 5.76. The number of nitrogens with one attached hydrogen (secondary N) is 1. The normalized spacial score (nSPS) is 12.1. The van der Waals surface area contributed by atoms with Crippen LogP contribution in [0.3, 0.4) is 0 Å². The minimum atomic E-state index is 0.343. The van der Waals surface area contributed by atoms with Gasteiger partial charge in [0.1, 0.15) is 10.8 Å². The molecule has 0 aliphatic rings. The molecule has 4 nitrogen and oxygen atoms in total. The van der Waals surface area contributed by atoms with Gasteiger partial charge in [-0.05, 0) is 19.1 Å². The van der Waals surface area contributed by atoms with Gasteiger partial charge in [0.25, 0.3) is 0 Å². The molecule has 0 radical (unpaired) electrons. The van der Waals surface area contributed by atoms with E-state index in [1.807, 2.05) is 30.6 Å². The molecule has 1 atom stereocenters. The fourth-order valence-corrected chi connectivity index (χ4v) is 2.54. The quantitative estimate of drug-likeness (QED) is 0.830. The number of aromatic nitrogens is 2. The Hall–Kier alpha value is -1.53. The van der Waals surface area contributed by atoms with Crippen LogP contribution in [0.15, 0.2) is 23.7 Å². The van der Waals surface area contributed by atoms with Gasteiger partial charge in [-0.3, -0.25) is 0 Å². The molecule has 0 saturated carbocycles. The molecular weight excluding hydrogens is 276 g/mol. The summed E-state index contributed by atoms with van der Waals surface area (Å²) in [7, 11) is 0. The van der Waals surface area contributed by atoms with Crippen molar-refractivity contribution in [3.8, 4) is 0 Å². The van der Waals surface area contributed by atoms with Crippen molar-refractivity contribution in [1.29, 1.82) is 0 Å². The smallest absolute Gasteiger partial charge is 0.126 e. The molecule has 0 fully saturated rings. The van der Waals surface area contributed by atoms with E-state index in [9.17, 15) is 0 Å². The highest BCUT2D eigenvalue weighted by Crippen LogP contribution is 2.18. The van der Waals surface area contributed by atoms with Crippen LogP contribution in [0.5, 0.6) is 0 Å². The van der Waals surface area contributed by atoms with Crippen LogP contribution in [0.4, 0.5) is 5.82 Å². The van der Waals surface area contributed by atoms with Crippen LogP contribution in [0.1, 0.15) is 29.1 Å². The zero-order valence-electron chi connectivity index (χ0n) is 10.9. The Morgan fingerprint density at radius 2 is 2.32 bits per heavy atom. The standard InChI is InChI=1S/C13H16N4S2/c1-8(13-15-3-4-19-13)7-16-11-6-10(12(14)18)5-9(2)17-11/h3-6,8H,7H2,1-2H3,(H2,14,18)(H,16,17). The lowest BCUT2D eigenvalue weighted by atomic mass is 10.2. The van der Waals surface area contributed by atoms with Crippen LogP contribution >= 0.6 is 23.6 Å². The highest BCUT2D eigenvalue weighted by Gasteiger charge is 2.09. The third-order valence-electron chi connectivity index (χ3n) is 2.70. The zero-order chi connectivity index (χ0) is 13.8. The Kier molecular flexibility index (Phi) is 4.44. The van der Waals surface area contributed by atoms with E-state index in [2.05, 4.69) is 22.2 Å². The fourth-order valence-electron chi connectivity index (χ4n) is 1.72. The van der Waals surface area contributed by atoms with Gasteiger partial charge in [0.15, 0.2) is 0 Å². The molecule has 2 rings (SSSR count). The highest BCUT2D eigenvalue weighted by molar-refractivity contribution is 7.80. The molecule has 1 unspecified atom stereocenters. The minimum Gasteiger partial charge on any atom is -0.389 e. The Bertz CT molecular complexity index is 566. The number of rotatable bonds is 5. The van der Waals surface area contributed by atoms with Gasteiger partial charge in [0.05, 0.1) is 5.01 Å². The number of thiocarbonyl (C=S) groups is 1.